The Morgan fingerprint density at radius 3 is 2.46 bits per heavy atom. The van der Waals surface area contributed by atoms with Gasteiger partial charge in [0.2, 0.25) is 11.7 Å². The van der Waals surface area contributed by atoms with Crippen LogP contribution < -0.4 is 10.1 Å². The molecule has 0 spiro atoms. The van der Waals surface area contributed by atoms with Crippen LogP contribution in [0.25, 0.3) is 0 Å². The summed E-state index contributed by atoms with van der Waals surface area (Å²) in [7, 11) is 0. The van der Waals surface area contributed by atoms with E-state index in [-0.39, 0.29) is 6.61 Å². The fourth-order valence-electron chi connectivity index (χ4n) is 2.18. The van der Waals surface area contributed by atoms with E-state index in [1.807, 2.05) is 0 Å². The fourth-order valence-corrected chi connectivity index (χ4v) is 2.31. The number of benzene rings is 2. The number of nitrogens with zero attached hydrogens (tertiary/aromatic N) is 2. The molecular formula is C19H16ClN3O5. The van der Waals surface area contributed by atoms with Crippen molar-refractivity contribution in [2.45, 2.75) is 13.5 Å². The number of hydrogen-bond donors (Lipinski definition) is 1. The number of rotatable bonds is 7. The summed E-state index contributed by atoms with van der Waals surface area (Å²) in [4.78, 5) is 27.9. The van der Waals surface area contributed by atoms with Crippen LogP contribution in [-0.2, 0) is 16.1 Å². The lowest BCUT2D eigenvalue weighted by atomic mass is 10.2. The number of hydrogen-bond acceptors (Lipinski definition) is 7. The van der Waals surface area contributed by atoms with E-state index in [0.717, 1.165) is 0 Å². The van der Waals surface area contributed by atoms with Crippen molar-refractivity contribution < 1.29 is 23.6 Å². The first-order valence-electron chi connectivity index (χ1n) is 8.24. The molecule has 0 aliphatic heterocycles. The topological polar surface area (TPSA) is 104 Å². The zero-order valence-electron chi connectivity index (χ0n) is 14.8. The van der Waals surface area contributed by atoms with Crippen LogP contribution in [0.5, 0.6) is 5.75 Å². The smallest absolute Gasteiger partial charge is 0.338 e. The molecule has 9 heteroatoms. The van der Waals surface area contributed by atoms with Crippen LogP contribution in [0.4, 0.5) is 5.69 Å². The quantitative estimate of drug-likeness (QED) is 0.605. The van der Waals surface area contributed by atoms with Gasteiger partial charge in [-0.15, -0.1) is 0 Å². The second kappa shape index (κ2) is 9.01. The summed E-state index contributed by atoms with van der Waals surface area (Å²) >= 11 is 5.78. The lowest BCUT2D eigenvalue weighted by Gasteiger charge is -2.07. The molecule has 0 fully saturated rings. The summed E-state index contributed by atoms with van der Waals surface area (Å²) in [5.74, 6) is 0.335. The lowest BCUT2D eigenvalue weighted by Crippen LogP contribution is -2.20. The Balaban J connectivity index is 1.46. The van der Waals surface area contributed by atoms with Crippen molar-refractivity contribution in [1.82, 2.24) is 10.1 Å². The monoisotopic (exact) mass is 401 g/mol. The van der Waals surface area contributed by atoms with Gasteiger partial charge in [-0.2, -0.15) is 4.98 Å². The second-order valence-corrected chi connectivity index (χ2v) is 6.11. The maximum atomic E-state index is 12.0. The number of carbonyl (C=O) groups is 2. The Bertz CT molecular complexity index is 954. The summed E-state index contributed by atoms with van der Waals surface area (Å²) in [6.45, 7) is 1.43. The van der Waals surface area contributed by atoms with Crippen LogP contribution in [0.3, 0.4) is 0 Å². The zero-order chi connectivity index (χ0) is 19.9. The standard InChI is InChI=1S/C19H16ClN3O5/c1-12-21-17(23-28-12)10-26-16-8-2-13(3-9-16)19(25)27-11-18(24)22-15-6-4-14(20)5-7-15/h2-9H,10-11H2,1H3,(H,22,24). The zero-order valence-corrected chi connectivity index (χ0v) is 15.6. The molecule has 8 nitrogen and oxygen atoms in total. The SMILES string of the molecule is Cc1nc(COc2ccc(C(=O)OCC(=O)Nc3ccc(Cl)cc3)cc2)no1. The van der Waals surface area contributed by atoms with Gasteiger partial charge in [-0.3, -0.25) is 4.79 Å². The molecule has 0 atom stereocenters. The van der Waals surface area contributed by atoms with Crippen LogP contribution in [0, 0.1) is 6.92 Å². The number of aromatic nitrogens is 2. The van der Waals surface area contributed by atoms with E-state index in [9.17, 15) is 9.59 Å². The van der Waals surface area contributed by atoms with Gasteiger partial charge in [-0.25, -0.2) is 4.79 Å². The average molecular weight is 402 g/mol. The Hall–Kier alpha value is -3.39. The number of nitrogens with one attached hydrogen (secondary N) is 1. The predicted octanol–water partition coefficient (Wildman–Crippen LogP) is 3.41. The molecule has 1 aromatic heterocycles. The van der Waals surface area contributed by atoms with Gasteiger partial charge in [0.1, 0.15) is 5.75 Å². The Labute approximate surface area is 165 Å². The first-order valence-corrected chi connectivity index (χ1v) is 8.62. The summed E-state index contributed by atoms with van der Waals surface area (Å²) < 4.78 is 15.4. The average Bonchev–Trinajstić information content (AvgIpc) is 3.12. The highest BCUT2D eigenvalue weighted by Gasteiger charge is 2.11. The molecular weight excluding hydrogens is 386 g/mol. The van der Waals surface area contributed by atoms with E-state index >= 15 is 0 Å². The molecule has 1 N–H and O–H groups in total. The van der Waals surface area contributed by atoms with Gasteiger partial charge < -0.3 is 19.3 Å². The highest BCUT2D eigenvalue weighted by atomic mass is 35.5. The summed E-state index contributed by atoms with van der Waals surface area (Å²) in [6, 6.07) is 12.9. The third-order valence-electron chi connectivity index (χ3n) is 3.49. The number of aryl methyl sites for hydroxylation is 1. The third kappa shape index (κ3) is 5.55. The Morgan fingerprint density at radius 2 is 1.82 bits per heavy atom. The molecule has 0 unspecified atom stereocenters. The summed E-state index contributed by atoms with van der Waals surface area (Å²) in [6.07, 6.45) is 0. The number of halogens is 1. The van der Waals surface area contributed by atoms with Crippen molar-refractivity contribution in [1.29, 1.82) is 0 Å². The fraction of sp³-hybridized carbons (Fsp3) is 0.158. The first kappa shape index (κ1) is 19.4. The molecule has 3 rings (SSSR count). The van der Waals surface area contributed by atoms with Crippen molar-refractivity contribution in [2.75, 3.05) is 11.9 Å². The largest absolute Gasteiger partial charge is 0.485 e. The molecule has 0 saturated carbocycles. The highest BCUT2D eigenvalue weighted by molar-refractivity contribution is 6.30. The van der Waals surface area contributed by atoms with Gasteiger partial charge in [0, 0.05) is 17.6 Å². The van der Waals surface area contributed by atoms with Gasteiger partial charge in [0.25, 0.3) is 5.91 Å². The van der Waals surface area contributed by atoms with Crippen molar-refractivity contribution >= 4 is 29.2 Å². The predicted molar refractivity (Wildman–Crippen MR) is 100 cm³/mol. The number of carbonyl (C=O) groups excluding carboxylic acids is 2. The Kier molecular flexibility index (Phi) is 6.23. The minimum Gasteiger partial charge on any atom is -0.485 e. The molecule has 28 heavy (non-hydrogen) atoms. The van der Waals surface area contributed by atoms with Crippen molar-refractivity contribution in [3.8, 4) is 5.75 Å². The molecule has 1 heterocycles. The number of anilines is 1. The number of esters is 1. The molecule has 0 aliphatic carbocycles. The molecule has 0 radical (unpaired) electrons. The molecule has 1 amide bonds. The Morgan fingerprint density at radius 1 is 1.11 bits per heavy atom. The molecule has 144 valence electrons. The number of ether oxygens (including phenoxy) is 2. The maximum absolute atomic E-state index is 12.0. The minimum atomic E-state index is -0.619. The van der Waals surface area contributed by atoms with Gasteiger partial charge >= 0.3 is 5.97 Å². The van der Waals surface area contributed by atoms with Crippen molar-refractivity contribution in [3.63, 3.8) is 0 Å². The van der Waals surface area contributed by atoms with Crippen LogP contribution in [0.15, 0.2) is 53.1 Å². The minimum absolute atomic E-state index is 0.145. The van der Waals surface area contributed by atoms with E-state index in [1.54, 1.807) is 43.3 Å². The van der Waals surface area contributed by atoms with Crippen molar-refractivity contribution in [2.24, 2.45) is 0 Å². The van der Waals surface area contributed by atoms with Crippen LogP contribution in [-0.4, -0.2) is 28.6 Å². The molecule has 3 aromatic rings. The third-order valence-corrected chi connectivity index (χ3v) is 3.74. The van der Waals surface area contributed by atoms with Gasteiger partial charge in [0.05, 0.1) is 5.56 Å². The molecule has 0 aliphatic rings. The van der Waals surface area contributed by atoms with E-state index in [4.69, 9.17) is 25.6 Å². The summed E-state index contributed by atoms with van der Waals surface area (Å²) in [5, 5.41) is 6.89. The molecule has 2 aromatic carbocycles. The first-order chi connectivity index (χ1) is 13.5. The number of amides is 1. The van der Waals surface area contributed by atoms with E-state index in [1.165, 1.54) is 12.1 Å². The van der Waals surface area contributed by atoms with Crippen molar-refractivity contribution in [3.05, 3.63) is 70.8 Å². The van der Waals surface area contributed by atoms with E-state index in [2.05, 4.69) is 15.5 Å². The normalized spacial score (nSPS) is 10.4. The van der Waals surface area contributed by atoms with Crippen LogP contribution in [0.2, 0.25) is 5.02 Å². The van der Waals surface area contributed by atoms with Crippen LogP contribution in [0.1, 0.15) is 22.1 Å². The second-order valence-electron chi connectivity index (χ2n) is 5.67. The van der Waals surface area contributed by atoms with E-state index < -0.39 is 18.5 Å². The molecule has 0 saturated heterocycles. The van der Waals surface area contributed by atoms with Gasteiger partial charge in [0.15, 0.2) is 13.2 Å². The lowest BCUT2D eigenvalue weighted by molar-refractivity contribution is -0.119. The molecule has 0 bridgehead atoms. The summed E-state index contributed by atoms with van der Waals surface area (Å²) in [5.41, 5.74) is 0.853. The van der Waals surface area contributed by atoms with Gasteiger partial charge in [-0.05, 0) is 48.5 Å². The highest BCUT2D eigenvalue weighted by Crippen LogP contribution is 2.15. The van der Waals surface area contributed by atoms with E-state index in [0.29, 0.717) is 33.7 Å². The van der Waals surface area contributed by atoms with Crippen LogP contribution >= 0.6 is 11.6 Å². The maximum Gasteiger partial charge on any atom is 0.338 e. The van der Waals surface area contributed by atoms with Gasteiger partial charge in [-0.1, -0.05) is 16.8 Å².